The first-order chi connectivity index (χ1) is 15.0. The Bertz CT molecular complexity index is 1020. The number of esters is 1. The summed E-state index contributed by atoms with van der Waals surface area (Å²) in [6.45, 7) is 4.11. The van der Waals surface area contributed by atoms with E-state index in [1.807, 2.05) is 43.3 Å². The molecule has 0 unspecified atom stereocenters. The number of rotatable bonds is 8. The number of hydrogen-bond donors (Lipinski definition) is 1. The van der Waals surface area contributed by atoms with Gasteiger partial charge in [0.15, 0.2) is 23.3 Å². The van der Waals surface area contributed by atoms with E-state index >= 15 is 0 Å². The number of carbonyl (C=O) groups is 2. The molecule has 1 heterocycles. The molecule has 162 valence electrons. The molecule has 7 nitrogen and oxygen atoms in total. The average Bonchev–Trinajstić information content (AvgIpc) is 3.07. The third kappa shape index (κ3) is 6.47. The molecule has 1 amide bonds. The Morgan fingerprint density at radius 1 is 1.16 bits per heavy atom. The molecular weight excluding hydrogens is 531 g/mol. The van der Waals surface area contributed by atoms with Crippen LogP contribution in [0.3, 0.4) is 0 Å². The Morgan fingerprint density at radius 2 is 1.94 bits per heavy atom. The first-order valence-electron chi connectivity index (χ1n) is 9.59. The number of amidine groups is 1. The van der Waals surface area contributed by atoms with E-state index in [2.05, 4.69) is 32.9 Å². The van der Waals surface area contributed by atoms with Crippen LogP contribution in [0, 0.1) is 3.57 Å². The molecule has 1 fully saturated rings. The summed E-state index contributed by atoms with van der Waals surface area (Å²) in [6, 6.07) is 13.1. The van der Waals surface area contributed by atoms with Crippen molar-refractivity contribution in [2.24, 2.45) is 4.99 Å². The van der Waals surface area contributed by atoms with Gasteiger partial charge in [-0.3, -0.25) is 4.79 Å². The van der Waals surface area contributed by atoms with E-state index in [-0.39, 0.29) is 12.5 Å². The van der Waals surface area contributed by atoms with Gasteiger partial charge in [0.2, 0.25) is 0 Å². The summed E-state index contributed by atoms with van der Waals surface area (Å²) >= 11 is 3.39. The number of nitrogens with zero attached hydrogens (tertiary/aromatic N) is 1. The standard InChI is InChI=1S/C22H21IN2O5S/c1-3-28-17-11-14(10-16(23)20(17)30-13-19(26)29-4-2)12-18-21(27)25-22(31-18)24-15-8-6-5-7-9-15/h5-12H,3-4,13H2,1-2H3,(H,24,25,27). The van der Waals surface area contributed by atoms with E-state index in [1.54, 1.807) is 19.1 Å². The van der Waals surface area contributed by atoms with Gasteiger partial charge in [-0.25, -0.2) is 9.79 Å². The summed E-state index contributed by atoms with van der Waals surface area (Å²) in [7, 11) is 0. The zero-order valence-electron chi connectivity index (χ0n) is 17.0. The van der Waals surface area contributed by atoms with Crippen LogP contribution in [0.5, 0.6) is 11.5 Å². The van der Waals surface area contributed by atoms with Gasteiger partial charge in [-0.05, 0) is 84.1 Å². The quantitative estimate of drug-likeness (QED) is 0.295. The van der Waals surface area contributed by atoms with Gasteiger partial charge in [-0.15, -0.1) is 0 Å². The number of para-hydroxylation sites is 1. The highest BCUT2D eigenvalue weighted by Gasteiger charge is 2.24. The van der Waals surface area contributed by atoms with Crippen molar-refractivity contribution in [3.05, 3.63) is 56.5 Å². The smallest absolute Gasteiger partial charge is 0.344 e. The molecule has 0 saturated carbocycles. The summed E-state index contributed by atoms with van der Waals surface area (Å²) in [5, 5.41) is 3.30. The van der Waals surface area contributed by atoms with Crippen molar-refractivity contribution < 1.29 is 23.8 Å². The maximum absolute atomic E-state index is 12.4. The van der Waals surface area contributed by atoms with E-state index in [0.717, 1.165) is 14.8 Å². The monoisotopic (exact) mass is 552 g/mol. The highest BCUT2D eigenvalue weighted by Crippen LogP contribution is 2.36. The minimum atomic E-state index is -0.448. The Labute approximate surface area is 198 Å². The predicted molar refractivity (Wildman–Crippen MR) is 130 cm³/mol. The van der Waals surface area contributed by atoms with Gasteiger partial charge in [-0.1, -0.05) is 18.2 Å². The van der Waals surface area contributed by atoms with E-state index in [0.29, 0.717) is 34.8 Å². The van der Waals surface area contributed by atoms with Gasteiger partial charge in [-0.2, -0.15) is 0 Å². The van der Waals surface area contributed by atoms with E-state index in [9.17, 15) is 9.59 Å². The lowest BCUT2D eigenvalue weighted by molar-refractivity contribution is -0.145. The van der Waals surface area contributed by atoms with Crippen LogP contribution >= 0.6 is 34.4 Å². The second-order valence-corrected chi connectivity index (χ2v) is 8.37. The number of halogens is 1. The molecule has 0 spiro atoms. The first-order valence-corrected chi connectivity index (χ1v) is 11.5. The van der Waals surface area contributed by atoms with Crippen molar-refractivity contribution in [1.82, 2.24) is 5.32 Å². The van der Waals surface area contributed by atoms with Gasteiger partial charge < -0.3 is 19.5 Å². The molecule has 1 aliphatic rings. The van der Waals surface area contributed by atoms with Gasteiger partial charge in [0.1, 0.15) is 0 Å². The summed E-state index contributed by atoms with van der Waals surface area (Å²) in [4.78, 5) is 29.0. The number of nitrogens with one attached hydrogen (secondary N) is 1. The summed E-state index contributed by atoms with van der Waals surface area (Å²) < 4.78 is 17.0. The Morgan fingerprint density at radius 3 is 2.65 bits per heavy atom. The second kappa shape index (κ2) is 11.2. The highest BCUT2D eigenvalue weighted by molar-refractivity contribution is 14.1. The molecule has 0 atom stereocenters. The summed E-state index contributed by atoms with van der Waals surface area (Å²) in [6.07, 6.45) is 1.77. The minimum Gasteiger partial charge on any atom is -0.490 e. The lowest BCUT2D eigenvalue weighted by atomic mass is 10.2. The SMILES string of the molecule is CCOC(=O)COc1c(I)cc(C=C2SC(=Nc3ccccc3)NC2=O)cc1OCC. The van der Waals surface area contributed by atoms with Gasteiger partial charge in [0.05, 0.1) is 27.4 Å². The van der Waals surface area contributed by atoms with Crippen molar-refractivity contribution in [3.63, 3.8) is 0 Å². The number of amides is 1. The maximum Gasteiger partial charge on any atom is 0.344 e. The molecule has 0 bridgehead atoms. The summed E-state index contributed by atoms with van der Waals surface area (Å²) in [5.41, 5.74) is 1.54. The van der Waals surface area contributed by atoms with Crippen LogP contribution in [0.1, 0.15) is 19.4 Å². The van der Waals surface area contributed by atoms with Crippen LogP contribution in [0.15, 0.2) is 52.4 Å². The molecular formula is C22H21IN2O5S. The van der Waals surface area contributed by atoms with Crippen molar-refractivity contribution >= 4 is 63.2 Å². The molecule has 0 aliphatic carbocycles. The molecule has 1 saturated heterocycles. The van der Waals surface area contributed by atoms with E-state index in [1.165, 1.54) is 11.8 Å². The molecule has 1 N–H and O–H groups in total. The van der Waals surface area contributed by atoms with Crippen LogP contribution < -0.4 is 14.8 Å². The largest absolute Gasteiger partial charge is 0.490 e. The van der Waals surface area contributed by atoms with Crippen LogP contribution in [0.2, 0.25) is 0 Å². The van der Waals surface area contributed by atoms with Crippen molar-refractivity contribution in [3.8, 4) is 11.5 Å². The number of ether oxygens (including phenoxy) is 3. The number of aliphatic imine (C=N–C) groups is 1. The fraction of sp³-hybridized carbons (Fsp3) is 0.227. The molecule has 0 aromatic heterocycles. The summed E-state index contributed by atoms with van der Waals surface area (Å²) in [5.74, 6) is 0.297. The normalized spacial score (nSPS) is 15.8. The van der Waals surface area contributed by atoms with Gasteiger partial charge >= 0.3 is 5.97 Å². The van der Waals surface area contributed by atoms with E-state index in [4.69, 9.17) is 14.2 Å². The first kappa shape index (κ1) is 23.1. The molecule has 3 rings (SSSR count). The van der Waals surface area contributed by atoms with Crippen molar-refractivity contribution in [1.29, 1.82) is 0 Å². The molecule has 2 aromatic carbocycles. The zero-order chi connectivity index (χ0) is 22.2. The van der Waals surface area contributed by atoms with Gasteiger partial charge in [0.25, 0.3) is 5.91 Å². The minimum absolute atomic E-state index is 0.206. The van der Waals surface area contributed by atoms with Crippen LogP contribution in [-0.2, 0) is 14.3 Å². The molecule has 0 radical (unpaired) electrons. The van der Waals surface area contributed by atoms with Crippen LogP contribution in [0.4, 0.5) is 5.69 Å². The number of benzene rings is 2. The molecule has 9 heteroatoms. The topological polar surface area (TPSA) is 86.2 Å². The number of thioether (sulfide) groups is 1. The fourth-order valence-electron chi connectivity index (χ4n) is 2.66. The highest BCUT2D eigenvalue weighted by atomic mass is 127. The predicted octanol–water partition coefficient (Wildman–Crippen LogP) is 4.52. The third-order valence-electron chi connectivity index (χ3n) is 3.91. The van der Waals surface area contributed by atoms with Crippen LogP contribution in [-0.4, -0.2) is 36.9 Å². The molecule has 31 heavy (non-hydrogen) atoms. The Balaban J connectivity index is 1.82. The molecule has 1 aliphatic heterocycles. The van der Waals surface area contributed by atoms with Gasteiger partial charge in [0, 0.05) is 0 Å². The Kier molecular flexibility index (Phi) is 8.35. The molecule has 2 aromatic rings. The zero-order valence-corrected chi connectivity index (χ0v) is 20.0. The Hall–Kier alpha value is -2.53. The van der Waals surface area contributed by atoms with Crippen LogP contribution in [0.25, 0.3) is 6.08 Å². The second-order valence-electron chi connectivity index (χ2n) is 6.17. The average molecular weight is 552 g/mol. The lowest BCUT2D eigenvalue weighted by Gasteiger charge is -2.14. The van der Waals surface area contributed by atoms with E-state index < -0.39 is 5.97 Å². The fourth-order valence-corrected chi connectivity index (χ4v) is 4.28. The number of carbonyl (C=O) groups excluding carboxylic acids is 2. The maximum atomic E-state index is 12.4. The van der Waals surface area contributed by atoms with Crippen molar-refractivity contribution in [2.75, 3.05) is 19.8 Å². The number of hydrogen-bond acceptors (Lipinski definition) is 7. The van der Waals surface area contributed by atoms with Crippen molar-refractivity contribution in [2.45, 2.75) is 13.8 Å². The lowest BCUT2D eigenvalue weighted by Crippen LogP contribution is -2.19. The third-order valence-corrected chi connectivity index (χ3v) is 5.62.